The third kappa shape index (κ3) is 2.69. The molecule has 112 valence electrons. The zero-order valence-electron chi connectivity index (χ0n) is 12.2. The smallest absolute Gasteiger partial charge is 0.252 e. The normalized spacial score (nSPS) is 25.1. The second-order valence-electron chi connectivity index (χ2n) is 5.82. The number of carbonyl (C=O) groups excluding carboxylic acids is 3. The van der Waals surface area contributed by atoms with Gasteiger partial charge in [0.2, 0.25) is 11.8 Å². The summed E-state index contributed by atoms with van der Waals surface area (Å²) in [7, 11) is 1.44. The molecule has 7 nitrogen and oxygen atoms in total. The first-order valence-electron chi connectivity index (χ1n) is 6.91. The molecule has 2 aliphatic heterocycles. The number of hydrogen-bond acceptors (Lipinski definition) is 5. The number of imide groups is 1. The summed E-state index contributed by atoms with van der Waals surface area (Å²) in [5, 5.41) is 5.95. The van der Waals surface area contributed by atoms with Gasteiger partial charge in [0.1, 0.15) is 6.04 Å². The zero-order valence-corrected chi connectivity index (χ0v) is 12.2. The molecule has 0 radical (unpaired) electrons. The van der Waals surface area contributed by atoms with Crippen LogP contribution < -0.4 is 10.6 Å². The molecule has 1 atom stereocenters. The van der Waals surface area contributed by atoms with Crippen molar-refractivity contribution < 1.29 is 14.4 Å². The molecule has 0 aliphatic carbocycles. The zero-order chi connectivity index (χ0) is 14.9. The molecule has 7 heteroatoms. The van der Waals surface area contributed by atoms with Crippen LogP contribution in [0.15, 0.2) is 0 Å². The molecular formula is C13H22N4O3. The Bertz CT molecular complexity index is 429. The number of nitrogens with one attached hydrogen (secondary N) is 2. The maximum atomic E-state index is 12.4. The van der Waals surface area contributed by atoms with Gasteiger partial charge in [0.25, 0.3) is 5.91 Å². The summed E-state index contributed by atoms with van der Waals surface area (Å²) in [5.41, 5.74) is -0.688. The Morgan fingerprint density at radius 2 is 1.90 bits per heavy atom. The quantitative estimate of drug-likeness (QED) is 0.619. The van der Waals surface area contributed by atoms with Crippen molar-refractivity contribution in [3.05, 3.63) is 0 Å². The Hall–Kier alpha value is -1.47. The standard InChI is InChI=1S/C13H22N4O3/c1-13(2,17-6-4-14-5-7-17)12(20)15-9-8-10(18)16(3)11(9)19/h9,14H,4-8H2,1-3H3,(H,15,20). The summed E-state index contributed by atoms with van der Waals surface area (Å²) in [6.07, 6.45) is 0.0543. The van der Waals surface area contributed by atoms with Crippen molar-refractivity contribution in [2.45, 2.75) is 31.8 Å². The van der Waals surface area contributed by atoms with Crippen molar-refractivity contribution >= 4 is 17.7 Å². The molecule has 2 aliphatic rings. The van der Waals surface area contributed by atoms with Gasteiger partial charge < -0.3 is 10.6 Å². The van der Waals surface area contributed by atoms with Gasteiger partial charge in [-0.1, -0.05) is 0 Å². The van der Waals surface area contributed by atoms with E-state index in [4.69, 9.17) is 0 Å². The Balaban J connectivity index is 2.00. The highest BCUT2D eigenvalue weighted by atomic mass is 16.2. The Morgan fingerprint density at radius 3 is 2.40 bits per heavy atom. The summed E-state index contributed by atoms with van der Waals surface area (Å²) in [6.45, 7) is 6.97. The van der Waals surface area contributed by atoms with Crippen LogP contribution in [0.3, 0.4) is 0 Å². The minimum atomic E-state index is -0.720. The van der Waals surface area contributed by atoms with Crippen LogP contribution in [0.5, 0.6) is 0 Å². The molecule has 2 fully saturated rings. The fraction of sp³-hybridized carbons (Fsp3) is 0.769. The van der Waals surface area contributed by atoms with Gasteiger partial charge in [0.15, 0.2) is 0 Å². The predicted molar refractivity (Wildman–Crippen MR) is 72.8 cm³/mol. The molecule has 2 heterocycles. The molecule has 2 rings (SSSR count). The van der Waals surface area contributed by atoms with E-state index < -0.39 is 11.6 Å². The number of rotatable bonds is 3. The third-order valence-electron chi connectivity index (χ3n) is 4.15. The largest absolute Gasteiger partial charge is 0.342 e. The summed E-state index contributed by atoms with van der Waals surface area (Å²) >= 11 is 0. The molecule has 0 aromatic rings. The van der Waals surface area contributed by atoms with Gasteiger partial charge in [-0.05, 0) is 13.8 Å². The van der Waals surface area contributed by atoms with Gasteiger partial charge in [-0.15, -0.1) is 0 Å². The fourth-order valence-electron chi connectivity index (χ4n) is 2.57. The van der Waals surface area contributed by atoms with E-state index in [9.17, 15) is 14.4 Å². The summed E-state index contributed by atoms with van der Waals surface area (Å²) < 4.78 is 0. The van der Waals surface area contributed by atoms with Crippen LogP contribution in [-0.4, -0.2) is 72.3 Å². The number of amides is 3. The van der Waals surface area contributed by atoms with Crippen molar-refractivity contribution in [1.82, 2.24) is 20.4 Å². The number of hydrogen-bond donors (Lipinski definition) is 2. The highest BCUT2D eigenvalue weighted by molar-refractivity contribution is 6.07. The fourth-order valence-corrected chi connectivity index (χ4v) is 2.57. The molecule has 0 aromatic heterocycles. The number of carbonyl (C=O) groups is 3. The molecule has 1 unspecified atom stereocenters. The summed E-state index contributed by atoms with van der Waals surface area (Å²) in [4.78, 5) is 38.9. The second kappa shape index (κ2) is 5.49. The molecule has 2 saturated heterocycles. The van der Waals surface area contributed by atoms with Crippen molar-refractivity contribution in [1.29, 1.82) is 0 Å². The molecule has 0 spiro atoms. The van der Waals surface area contributed by atoms with Gasteiger partial charge in [0, 0.05) is 33.2 Å². The Kier molecular flexibility index (Phi) is 4.10. The Labute approximate surface area is 118 Å². The molecule has 0 aromatic carbocycles. The third-order valence-corrected chi connectivity index (χ3v) is 4.15. The lowest BCUT2D eigenvalue weighted by Gasteiger charge is -2.40. The van der Waals surface area contributed by atoms with Crippen LogP contribution in [-0.2, 0) is 14.4 Å². The van der Waals surface area contributed by atoms with Crippen LogP contribution in [0.2, 0.25) is 0 Å². The maximum Gasteiger partial charge on any atom is 0.252 e. The van der Waals surface area contributed by atoms with Crippen LogP contribution in [0, 0.1) is 0 Å². The van der Waals surface area contributed by atoms with E-state index in [2.05, 4.69) is 15.5 Å². The van der Waals surface area contributed by atoms with Gasteiger partial charge in [-0.2, -0.15) is 0 Å². The van der Waals surface area contributed by atoms with Crippen LogP contribution >= 0.6 is 0 Å². The average Bonchev–Trinajstić information content (AvgIpc) is 2.67. The molecule has 2 N–H and O–H groups in total. The lowest BCUT2D eigenvalue weighted by molar-refractivity contribution is -0.139. The second-order valence-corrected chi connectivity index (χ2v) is 5.82. The highest BCUT2D eigenvalue weighted by Gasteiger charge is 2.41. The average molecular weight is 282 g/mol. The number of likely N-dealkylation sites (tertiary alicyclic amines) is 1. The van der Waals surface area contributed by atoms with Crippen molar-refractivity contribution in [3.8, 4) is 0 Å². The lowest BCUT2D eigenvalue weighted by Crippen LogP contribution is -2.61. The van der Waals surface area contributed by atoms with Crippen molar-refractivity contribution in [3.63, 3.8) is 0 Å². The Morgan fingerprint density at radius 1 is 1.30 bits per heavy atom. The first-order valence-corrected chi connectivity index (χ1v) is 6.91. The molecule has 0 bridgehead atoms. The maximum absolute atomic E-state index is 12.4. The van der Waals surface area contributed by atoms with Crippen LogP contribution in [0.1, 0.15) is 20.3 Å². The van der Waals surface area contributed by atoms with Gasteiger partial charge in [-0.25, -0.2) is 0 Å². The van der Waals surface area contributed by atoms with E-state index in [-0.39, 0.29) is 24.1 Å². The van der Waals surface area contributed by atoms with E-state index in [1.54, 1.807) is 0 Å². The summed E-state index contributed by atoms with van der Waals surface area (Å²) in [5.74, 6) is -0.791. The number of piperazine rings is 1. The first kappa shape index (κ1) is 14.9. The topological polar surface area (TPSA) is 81.8 Å². The van der Waals surface area contributed by atoms with Gasteiger partial charge in [0.05, 0.1) is 12.0 Å². The van der Waals surface area contributed by atoms with E-state index in [0.29, 0.717) is 0 Å². The van der Waals surface area contributed by atoms with E-state index in [0.717, 1.165) is 31.1 Å². The van der Waals surface area contributed by atoms with Crippen molar-refractivity contribution in [2.75, 3.05) is 33.2 Å². The molecular weight excluding hydrogens is 260 g/mol. The van der Waals surface area contributed by atoms with Crippen LogP contribution in [0.25, 0.3) is 0 Å². The lowest BCUT2D eigenvalue weighted by atomic mass is 9.99. The minimum Gasteiger partial charge on any atom is -0.342 e. The van der Waals surface area contributed by atoms with Crippen molar-refractivity contribution in [2.24, 2.45) is 0 Å². The van der Waals surface area contributed by atoms with Gasteiger partial charge in [-0.3, -0.25) is 24.2 Å². The highest BCUT2D eigenvalue weighted by Crippen LogP contribution is 2.17. The summed E-state index contributed by atoms with van der Waals surface area (Å²) in [6, 6.07) is -0.720. The predicted octanol–water partition coefficient (Wildman–Crippen LogP) is -1.46. The number of likely N-dealkylation sites (N-methyl/N-ethyl adjacent to an activating group) is 1. The van der Waals surface area contributed by atoms with E-state index in [1.165, 1.54) is 7.05 Å². The molecule has 20 heavy (non-hydrogen) atoms. The molecule has 0 saturated carbocycles. The van der Waals surface area contributed by atoms with E-state index >= 15 is 0 Å². The number of nitrogens with zero attached hydrogens (tertiary/aromatic N) is 2. The molecule has 3 amide bonds. The SMILES string of the molecule is CN1C(=O)CC(NC(=O)C(C)(C)N2CCNCC2)C1=O. The van der Waals surface area contributed by atoms with E-state index in [1.807, 2.05) is 13.8 Å². The minimum absolute atomic E-state index is 0.0543. The monoisotopic (exact) mass is 282 g/mol. The van der Waals surface area contributed by atoms with Crippen LogP contribution in [0.4, 0.5) is 0 Å². The first-order chi connectivity index (χ1) is 9.34. The van der Waals surface area contributed by atoms with Gasteiger partial charge >= 0.3 is 0 Å².